The molecule has 2 aromatic heterocycles. The van der Waals surface area contributed by atoms with E-state index >= 15 is 0 Å². The number of fused-ring (bicyclic) bond motifs is 1. The Hall–Kier alpha value is -1.55. The van der Waals surface area contributed by atoms with E-state index in [4.69, 9.17) is 0 Å². The summed E-state index contributed by atoms with van der Waals surface area (Å²) >= 11 is 3.45. The molecule has 3 nitrogen and oxygen atoms in total. The van der Waals surface area contributed by atoms with Gasteiger partial charge in [-0.3, -0.25) is 9.36 Å². The van der Waals surface area contributed by atoms with Crippen LogP contribution in [0.4, 0.5) is 0 Å². The Labute approximate surface area is 120 Å². The smallest absolute Gasteiger partial charge is 0.280 e. The van der Waals surface area contributed by atoms with Crippen LogP contribution in [-0.4, -0.2) is 8.97 Å². The van der Waals surface area contributed by atoms with Gasteiger partial charge in [0.1, 0.15) is 5.52 Å². The van der Waals surface area contributed by atoms with Crippen LogP contribution in [0, 0.1) is 0 Å². The maximum atomic E-state index is 12.7. The largest absolute Gasteiger partial charge is 0.316 e. The first-order valence-corrected chi connectivity index (χ1v) is 7.30. The van der Waals surface area contributed by atoms with Gasteiger partial charge in [-0.2, -0.15) is 0 Å². The Morgan fingerprint density at radius 3 is 2.89 bits per heavy atom. The second-order valence-corrected chi connectivity index (χ2v) is 5.50. The molecule has 0 atom stereocenters. The molecule has 0 saturated heterocycles. The molecule has 1 aliphatic rings. The molecule has 1 aliphatic carbocycles. The molecule has 0 radical (unpaired) electrons. The van der Waals surface area contributed by atoms with E-state index in [1.54, 1.807) is 0 Å². The molecule has 2 aromatic rings. The minimum absolute atomic E-state index is 0.0361. The Bertz CT molecular complexity index is 749. The molecule has 3 rings (SSSR count). The summed E-state index contributed by atoms with van der Waals surface area (Å²) in [6.07, 6.45) is 13.1. The average molecular weight is 319 g/mol. The van der Waals surface area contributed by atoms with Gasteiger partial charge in [0.25, 0.3) is 5.56 Å². The standard InChI is InChI=1S/C15H15BrN2O/c1-2-11-10-17-9-8-13(16)14(17)15(19)18(11)12-6-4-3-5-7-12/h4,6-10H,2-3,5H2,1H3. The molecule has 0 spiro atoms. The number of rotatable bonds is 2. The minimum Gasteiger partial charge on any atom is -0.316 e. The van der Waals surface area contributed by atoms with Crippen LogP contribution < -0.4 is 5.56 Å². The number of hydrogen-bond donors (Lipinski definition) is 0. The molecule has 19 heavy (non-hydrogen) atoms. The zero-order valence-electron chi connectivity index (χ0n) is 10.8. The van der Waals surface area contributed by atoms with Gasteiger partial charge in [0.2, 0.25) is 0 Å². The summed E-state index contributed by atoms with van der Waals surface area (Å²) in [7, 11) is 0. The molecule has 0 aromatic carbocycles. The van der Waals surface area contributed by atoms with Crippen molar-refractivity contribution in [3.63, 3.8) is 0 Å². The third kappa shape index (κ3) is 2.00. The average Bonchev–Trinajstić information content (AvgIpc) is 2.81. The molecule has 0 saturated carbocycles. The van der Waals surface area contributed by atoms with E-state index in [0.717, 1.165) is 35.1 Å². The highest BCUT2D eigenvalue weighted by atomic mass is 79.9. The van der Waals surface area contributed by atoms with Crippen LogP contribution in [0.2, 0.25) is 0 Å². The predicted octanol–water partition coefficient (Wildman–Crippen LogP) is 3.62. The van der Waals surface area contributed by atoms with Crippen LogP contribution >= 0.6 is 15.9 Å². The van der Waals surface area contributed by atoms with E-state index in [2.05, 4.69) is 35.0 Å². The van der Waals surface area contributed by atoms with Crippen molar-refractivity contribution in [3.8, 4) is 0 Å². The van der Waals surface area contributed by atoms with Crippen molar-refractivity contribution in [1.29, 1.82) is 0 Å². The van der Waals surface area contributed by atoms with Crippen LogP contribution in [0.15, 0.2) is 46.0 Å². The molecular formula is C15H15BrN2O. The van der Waals surface area contributed by atoms with E-state index in [1.807, 2.05) is 33.5 Å². The molecule has 98 valence electrons. The second kappa shape index (κ2) is 4.85. The van der Waals surface area contributed by atoms with Gasteiger partial charge in [-0.05, 0) is 47.3 Å². The van der Waals surface area contributed by atoms with E-state index < -0.39 is 0 Å². The van der Waals surface area contributed by atoms with Crippen LogP contribution in [0.5, 0.6) is 0 Å². The first kappa shape index (κ1) is 12.5. The first-order chi connectivity index (χ1) is 9.22. The van der Waals surface area contributed by atoms with Crippen molar-refractivity contribution in [3.05, 3.63) is 57.2 Å². The highest BCUT2D eigenvalue weighted by Gasteiger charge is 2.13. The lowest BCUT2D eigenvalue weighted by atomic mass is 10.1. The number of nitrogens with zero attached hydrogens (tertiary/aromatic N) is 2. The lowest BCUT2D eigenvalue weighted by Crippen LogP contribution is -2.24. The zero-order chi connectivity index (χ0) is 13.4. The summed E-state index contributed by atoms with van der Waals surface area (Å²) in [5.41, 5.74) is 2.74. The molecule has 0 aliphatic heterocycles. The van der Waals surface area contributed by atoms with Crippen molar-refractivity contribution in [2.75, 3.05) is 0 Å². The van der Waals surface area contributed by atoms with Crippen LogP contribution in [0.1, 0.15) is 25.5 Å². The maximum absolute atomic E-state index is 12.7. The van der Waals surface area contributed by atoms with Gasteiger partial charge in [-0.25, -0.2) is 0 Å². The zero-order valence-corrected chi connectivity index (χ0v) is 12.4. The molecule has 0 amide bonds. The third-order valence-corrected chi connectivity index (χ3v) is 4.08. The summed E-state index contributed by atoms with van der Waals surface area (Å²) < 4.78 is 4.57. The van der Waals surface area contributed by atoms with Crippen molar-refractivity contribution >= 4 is 27.1 Å². The fourth-order valence-electron chi connectivity index (χ4n) is 2.50. The molecule has 0 N–H and O–H groups in total. The summed E-state index contributed by atoms with van der Waals surface area (Å²) in [6.45, 7) is 2.07. The van der Waals surface area contributed by atoms with Crippen LogP contribution in [0.25, 0.3) is 11.2 Å². The van der Waals surface area contributed by atoms with E-state index in [-0.39, 0.29) is 5.56 Å². The Kier molecular flexibility index (Phi) is 3.19. The van der Waals surface area contributed by atoms with Gasteiger partial charge in [-0.15, -0.1) is 0 Å². The molecule has 2 heterocycles. The lowest BCUT2D eigenvalue weighted by Gasteiger charge is -2.15. The van der Waals surface area contributed by atoms with Crippen LogP contribution in [0.3, 0.4) is 0 Å². The number of hydrogen-bond acceptors (Lipinski definition) is 1. The van der Waals surface area contributed by atoms with E-state index in [0.29, 0.717) is 5.52 Å². The first-order valence-electron chi connectivity index (χ1n) is 6.50. The summed E-state index contributed by atoms with van der Waals surface area (Å²) in [5.74, 6) is 0. The summed E-state index contributed by atoms with van der Waals surface area (Å²) in [4.78, 5) is 12.7. The van der Waals surface area contributed by atoms with Crippen molar-refractivity contribution < 1.29 is 0 Å². The monoisotopic (exact) mass is 318 g/mol. The van der Waals surface area contributed by atoms with E-state index in [9.17, 15) is 4.79 Å². The Balaban J connectivity index is 2.36. The summed E-state index contributed by atoms with van der Waals surface area (Å²) in [6, 6.07) is 1.91. The van der Waals surface area contributed by atoms with Gasteiger partial charge in [0.05, 0.1) is 0 Å². The highest BCUT2D eigenvalue weighted by Crippen LogP contribution is 2.20. The molecular weight excluding hydrogens is 304 g/mol. The van der Waals surface area contributed by atoms with Gasteiger partial charge in [0.15, 0.2) is 0 Å². The number of aromatic nitrogens is 2. The van der Waals surface area contributed by atoms with Crippen molar-refractivity contribution in [2.45, 2.75) is 26.2 Å². The fraction of sp³-hybridized carbons (Fsp3) is 0.267. The van der Waals surface area contributed by atoms with Gasteiger partial charge in [0, 0.05) is 28.3 Å². The second-order valence-electron chi connectivity index (χ2n) is 4.64. The fourth-order valence-corrected chi connectivity index (χ4v) is 2.99. The number of aryl methyl sites for hydroxylation is 1. The predicted molar refractivity (Wildman–Crippen MR) is 81.4 cm³/mol. The lowest BCUT2D eigenvalue weighted by molar-refractivity contribution is 0.860. The Morgan fingerprint density at radius 2 is 2.21 bits per heavy atom. The SMILES string of the molecule is CCc1cn2ccc(Br)c2c(=O)n1C1=CCCC=C1. The maximum Gasteiger partial charge on any atom is 0.280 e. The number of allylic oxidation sites excluding steroid dienone is 4. The highest BCUT2D eigenvalue weighted by molar-refractivity contribution is 9.10. The summed E-state index contributed by atoms with van der Waals surface area (Å²) in [5, 5.41) is 0. The van der Waals surface area contributed by atoms with E-state index in [1.165, 1.54) is 0 Å². The van der Waals surface area contributed by atoms with Crippen molar-refractivity contribution in [2.24, 2.45) is 0 Å². The van der Waals surface area contributed by atoms with Gasteiger partial charge >= 0.3 is 0 Å². The third-order valence-electron chi connectivity index (χ3n) is 3.44. The molecule has 0 bridgehead atoms. The van der Waals surface area contributed by atoms with Gasteiger partial charge < -0.3 is 4.40 Å². The molecule has 0 fully saturated rings. The quantitative estimate of drug-likeness (QED) is 0.830. The van der Waals surface area contributed by atoms with Crippen molar-refractivity contribution in [1.82, 2.24) is 8.97 Å². The van der Waals surface area contributed by atoms with Crippen LogP contribution in [-0.2, 0) is 6.42 Å². The number of halogens is 1. The Morgan fingerprint density at radius 1 is 1.37 bits per heavy atom. The minimum atomic E-state index is 0.0361. The molecule has 0 unspecified atom stereocenters. The topological polar surface area (TPSA) is 26.4 Å². The molecule has 4 heteroatoms. The normalized spacial score (nSPS) is 14.9. The van der Waals surface area contributed by atoms with Gasteiger partial charge in [-0.1, -0.05) is 19.1 Å².